The van der Waals surface area contributed by atoms with Crippen LogP contribution >= 0.6 is 11.6 Å². The molecule has 0 spiro atoms. The molecule has 0 bridgehead atoms. The maximum atomic E-state index is 13.7. The van der Waals surface area contributed by atoms with Crippen LogP contribution in [0.5, 0.6) is 0 Å². The number of carbonyl (C=O) groups is 2. The van der Waals surface area contributed by atoms with Crippen LogP contribution in [0.4, 0.5) is 4.79 Å². The van der Waals surface area contributed by atoms with Crippen molar-refractivity contribution >= 4 is 29.2 Å². The van der Waals surface area contributed by atoms with Crippen molar-refractivity contribution in [2.24, 2.45) is 0 Å². The number of hydrogen-bond donors (Lipinski definition) is 0. The molecule has 2 aromatic heterocycles. The minimum absolute atomic E-state index is 0.188. The second-order valence-electron chi connectivity index (χ2n) is 12.3. The lowest BCUT2D eigenvalue weighted by atomic mass is 9.87. The second kappa shape index (κ2) is 9.31. The lowest BCUT2D eigenvalue weighted by Crippen LogP contribution is -2.62. The Morgan fingerprint density at radius 2 is 1.68 bits per heavy atom. The molecule has 1 saturated heterocycles. The molecule has 37 heavy (non-hydrogen) atoms. The molecule has 0 aliphatic carbocycles. The third-order valence-electron chi connectivity index (χ3n) is 6.39. The Kier molecular flexibility index (Phi) is 6.78. The van der Waals surface area contributed by atoms with Crippen LogP contribution in [-0.4, -0.2) is 67.2 Å². The van der Waals surface area contributed by atoms with Gasteiger partial charge < -0.3 is 14.5 Å². The molecule has 198 valence electrons. The molecule has 1 fully saturated rings. The fraction of sp³-hybridized carbons (Fsp3) is 0.500. The fourth-order valence-electron chi connectivity index (χ4n) is 4.55. The van der Waals surface area contributed by atoms with Crippen molar-refractivity contribution < 1.29 is 14.3 Å². The number of fused-ring (bicyclic) bond motifs is 1. The predicted molar refractivity (Wildman–Crippen MR) is 145 cm³/mol. The zero-order valence-electron chi connectivity index (χ0n) is 22.9. The van der Waals surface area contributed by atoms with Crippen LogP contribution in [0.15, 0.2) is 36.5 Å². The van der Waals surface area contributed by atoms with Gasteiger partial charge in [-0.1, -0.05) is 44.5 Å². The van der Waals surface area contributed by atoms with Crippen LogP contribution in [-0.2, 0) is 10.2 Å². The quantitative estimate of drug-likeness (QED) is 0.421. The molecule has 4 rings (SSSR count). The topological polar surface area (TPSA) is 80.0 Å². The maximum Gasteiger partial charge on any atom is 0.410 e. The average Bonchev–Trinajstić information content (AvgIpc) is 3.20. The van der Waals surface area contributed by atoms with Crippen LogP contribution in [0.1, 0.15) is 71.4 Å². The first-order valence-electron chi connectivity index (χ1n) is 12.5. The first kappa shape index (κ1) is 26.9. The lowest BCUT2D eigenvalue weighted by Gasteiger charge is -2.46. The van der Waals surface area contributed by atoms with Gasteiger partial charge in [0, 0.05) is 35.8 Å². The minimum atomic E-state index is -0.600. The van der Waals surface area contributed by atoms with Gasteiger partial charge >= 0.3 is 6.09 Å². The molecule has 0 saturated carbocycles. The summed E-state index contributed by atoms with van der Waals surface area (Å²) in [6.07, 6.45) is 1.33. The monoisotopic (exact) mass is 525 g/mol. The number of ether oxygens (including phenoxy) is 1. The van der Waals surface area contributed by atoms with E-state index in [1.54, 1.807) is 20.5 Å². The van der Waals surface area contributed by atoms with Gasteiger partial charge in [-0.15, -0.1) is 0 Å². The van der Waals surface area contributed by atoms with E-state index in [0.717, 1.165) is 16.8 Å². The predicted octanol–water partition coefficient (Wildman–Crippen LogP) is 5.82. The molecule has 0 radical (unpaired) electrons. The number of hydrogen-bond acceptors (Lipinski definition) is 5. The van der Waals surface area contributed by atoms with Gasteiger partial charge in [0.05, 0.1) is 17.4 Å². The summed E-state index contributed by atoms with van der Waals surface area (Å²) < 4.78 is 7.24. The van der Waals surface area contributed by atoms with E-state index in [9.17, 15) is 9.59 Å². The lowest BCUT2D eigenvalue weighted by molar-refractivity contribution is -0.0110. The number of carbonyl (C=O) groups excluding carboxylic acids is 2. The molecule has 0 N–H and O–H groups in total. The standard InChI is InChI=1S/C28H36ClN5O3/c1-26(2,3)20-15-21(18-9-11-19(29)12-10-18)31-34-16-22(30-23(20)34)24(35)33-14-13-32(17-28(33,7)8)25(36)37-27(4,5)6/h9-12,15-16H,13-14,17H2,1-8H3. The van der Waals surface area contributed by atoms with E-state index in [2.05, 4.69) is 20.8 Å². The Labute approximate surface area is 223 Å². The summed E-state index contributed by atoms with van der Waals surface area (Å²) in [4.78, 5) is 34.6. The van der Waals surface area contributed by atoms with Crippen molar-refractivity contribution in [3.05, 3.63) is 52.8 Å². The van der Waals surface area contributed by atoms with Crippen molar-refractivity contribution in [2.45, 2.75) is 71.9 Å². The van der Waals surface area contributed by atoms with E-state index < -0.39 is 11.1 Å². The maximum absolute atomic E-state index is 13.7. The number of rotatable bonds is 2. The second-order valence-corrected chi connectivity index (χ2v) is 12.7. The molecule has 9 heteroatoms. The van der Waals surface area contributed by atoms with Gasteiger partial charge in [0.25, 0.3) is 5.91 Å². The van der Waals surface area contributed by atoms with Crippen LogP contribution in [0.25, 0.3) is 16.9 Å². The Balaban J connectivity index is 1.66. The van der Waals surface area contributed by atoms with Gasteiger partial charge in [0.15, 0.2) is 5.65 Å². The fourth-order valence-corrected chi connectivity index (χ4v) is 4.67. The number of benzene rings is 1. The molecular weight excluding hydrogens is 490 g/mol. The molecule has 0 unspecified atom stereocenters. The normalized spacial score (nSPS) is 16.2. The SMILES string of the molecule is CC(C)(C)OC(=O)N1CCN(C(=O)c2cn3nc(-c4ccc(Cl)cc4)cc(C(C)(C)C)c3n2)C(C)(C)C1. The van der Waals surface area contributed by atoms with Crippen LogP contribution in [0.3, 0.4) is 0 Å². The molecular formula is C28H36ClN5O3. The first-order chi connectivity index (χ1) is 17.0. The smallest absolute Gasteiger partial charge is 0.410 e. The van der Waals surface area contributed by atoms with Gasteiger partial charge in [0.1, 0.15) is 11.3 Å². The number of halogens is 1. The number of imidazole rings is 1. The van der Waals surface area contributed by atoms with Gasteiger partial charge in [-0.3, -0.25) is 4.79 Å². The third kappa shape index (κ3) is 5.74. The zero-order valence-corrected chi connectivity index (χ0v) is 23.7. The van der Waals surface area contributed by atoms with E-state index in [1.807, 2.05) is 65.0 Å². The molecule has 8 nitrogen and oxygen atoms in total. The van der Waals surface area contributed by atoms with E-state index >= 15 is 0 Å². The third-order valence-corrected chi connectivity index (χ3v) is 6.64. The molecule has 2 amide bonds. The van der Waals surface area contributed by atoms with E-state index in [4.69, 9.17) is 26.4 Å². The highest BCUT2D eigenvalue weighted by molar-refractivity contribution is 6.30. The van der Waals surface area contributed by atoms with E-state index in [1.165, 1.54) is 0 Å². The average molecular weight is 526 g/mol. The Hall–Kier alpha value is -3.13. The van der Waals surface area contributed by atoms with Crippen LogP contribution in [0, 0.1) is 0 Å². The van der Waals surface area contributed by atoms with Crippen molar-refractivity contribution in [1.29, 1.82) is 0 Å². The number of amides is 2. The van der Waals surface area contributed by atoms with Gasteiger partial charge in [-0.2, -0.15) is 5.10 Å². The summed E-state index contributed by atoms with van der Waals surface area (Å²) in [6.45, 7) is 16.9. The molecule has 3 heterocycles. The van der Waals surface area contributed by atoms with E-state index in [-0.39, 0.29) is 17.4 Å². The minimum Gasteiger partial charge on any atom is -0.444 e. The van der Waals surface area contributed by atoms with Crippen LogP contribution in [0.2, 0.25) is 5.02 Å². The van der Waals surface area contributed by atoms with Crippen molar-refractivity contribution in [1.82, 2.24) is 24.4 Å². The summed E-state index contributed by atoms with van der Waals surface area (Å²) in [5.41, 5.74) is 2.26. The van der Waals surface area contributed by atoms with Gasteiger partial charge in [-0.05, 0) is 58.2 Å². The van der Waals surface area contributed by atoms with Crippen molar-refractivity contribution in [2.75, 3.05) is 19.6 Å². The number of aromatic nitrogens is 3. The largest absolute Gasteiger partial charge is 0.444 e. The van der Waals surface area contributed by atoms with Crippen molar-refractivity contribution in [3.8, 4) is 11.3 Å². The molecule has 0 atom stereocenters. The molecule has 1 aliphatic heterocycles. The number of piperazine rings is 1. The Bertz CT molecular complexity index is 1330. The van der Waals surface area contributed by atoms with Crippen molar-refractivity contribution in [3.63, 3.8) is 0 Å². The zero-order chi connectivity index (χ0) is 27.3. The highest BCUT2D eigenvalue weighted by Gasteiger charge is 2.40. The Morgan fingerprint density at radius 3 is 2.24 bits per heavy atom. The highest BCUT2D eigenvalue weighted by atomic mass is 35.5. The molecule has 1 aromatic carbocycles. The van der Waals surface area contributed by atoms with Gasteiger partial charge in [-0.25, -0.2) is 14.3 Å². The number of nitrogens with zero attached hydrogens (tertiary/aromatic N) is 5. The highest BCUT2D eigenvalue weighted by Crippen LogP contribution is 2.31. The Morgan fingerprint density at radius 1 is 1.03 bits per heavy atom. The summed E-state index contributed by atoms with van der Waals surface area (Å²) in [6, 6.07) is 9.56. The van der Waals surface area contributed by atoms with Crippen LogP contribution < -0.4 is 0 Å². The van der Waals surface area contributed by atoms with E-state index in [0.29, 0.717) is 36.0 Å². The summed E-state index contributed by atoms with van der Waals surface area (Å²) >= 11 is 6.08. The van der Waals surface area contributed by atoms with Gasteiger partial charge in [0.2, 0.25) is 0 Å². The summed E-state index contributed by atoms with van der Waals surface area (Å²) in [5.74, 6) is -0.188. The summed E-state index contributed by atoms with van der Waals surface area (Å²) in [7, 11) is 0. The molecule has 1 aliphatic rings. The first-order valence-corrected chi connectivity index (χ1v) is 12.9. The molecule has 3 aromatic rings. The summed E-state index contributed by atoms with van der Waals surface area (Å²) in [5, 5.41) is 5.43.